The molecule has 1 aliphatic rings. The van der Waals surface area contributed by atoms with Crippen LogP contribution in [-0.2, 0) is 9.53 Å². The molecule has 0 saturated carbocycles. The molecule has 170 valence electrons. The lowest BCUT2D eigenvalue weighted by atomic mass is 9.95. The first kappa shape index (κ1) is 23.6. The highest BCUT2D eigenvalue weighted by molar-refractivity contribution is 5.78. The van der Waals surface area contributed by atoms with E-state index < -0.39 is 0 Å². The number of para-hydroxylation sites is 1. The highest BCUT2D eigenvalue weighted by atomic mass is 16.5. The number of carbonyl (C=O) groups excluding carboxylic acids is 1. The zero-order chi connectivity index (χ0) is 23.3. The Labute approximate surface area is 190 Å². The van der Waals surface area contributed by atoms with Gasteiger partial charge < -0.3 is 19.3 Å². The van der Waals surface area contributed by atoms with Crippen LogP contribution in [0, 0.1) is 11.3 Å². The van der Waals surface area contributed by atoms with E-state index in [1.807, 2.05) is 42.2 Å². The number of aromatic nitrogens is 1. The lowest BCUT2D eigenvalue weighted by Gasteiger charge is -2.41. The van der Waals surface area contributed by atoms with Crippen LogP contribution >= 0.6 is 0 Å². The first-order valence-corrected chi connectivity index (χ1v) is 11.0. The standard InChI is InChI=1S/C25H32N4O3/c1-17(2)24-21(20-8-6-7-9-22(20)32-5)14-19(15-26)25(27-24)28-11-12-29(18(3)16-28)23(30)10-13-31-4/h6-9,14,17-18H,10-13,16H2,1-5H3/t18-/m1/s1. The highest BCUT2D eigenvalue weighted by Gasteiger charge is 2.30. The Balaban J connectivity index is 1.96. The van der Waals surface area contributed by atoms with Gasteiger partial charge in [0, 0.05) is 43.9 Å². The third kappa shape index (κ3) is 4.86. The van der Waals surface area contributed by atoms with E-state index in [1.54, 1.807) is 14.2 Å². The van der Waals surface area contributed by atoms with Crippen molar-refractivity contribution in [3.63, 3.8) is 0 Å². The molecule has 0 unspecified atom stereocenters. The number of carbonyl (C=O) groups is 1. The van der Waals surface area contributed by atoms with Crippen LogP contribution in [0.3, 0.4) is 0 Å². The minimum Gasteiger partial charge on any atom is -0.496 e. The lowest BCUT2D eigenvalue weighted by Crippen LogP contribution is -2.54. The Morgan fingerprint density at radius 2 is 2.00 bits per heavy atom. The van der Waals surface area contributed by atoms with Gasteiger partial charge in [0.2, 0.25) is 5.91 Å². The number of ether oxygens (including phenoxy) is 2. The van der Waals surface area contributed by atoms with Gasteiger partial charge in [-0.25, -0.2) is 4.98 Å². The molecule has 2 heterocycles. The van der Waals surface area contributed by atoms with Crippen LogP contribution in [0.2, 0.25) is 0 Å². The average molecular weight is 437 g/mol. The Kier molecular flexibility index (Phi) is 7.70. The number of rotatable bonds is 7. The first-order valence-electron chi connectivity index (χ1n) is 11.0. The molecule has 1 aliphatic heterocycles. The predicted molar refractivity (Wildman–Crippen MR) is 125 cm³/mol. The van der Waals surface area contributed by atoms with E-state index in [0.717, 1.165) is 22.6 Å². The molecule has 1 saturated heterocycles. The van der Waals surface area contributed by atoms with Crippen LogP contribution in [0.4, 0.5) is 5.82 Å². The first-order chi connectivity index (χ1) is 15.4. The van der Waals surface area contributed by atoms with Crippen molar-refractivity contribution in [2.45, 2.75) is 39.2 Å². The molecule has 1 aromatic heterocycles. The Hall–Kier alpha value is -3.11. The van der Waals surface area contributed by atoms with E-state index in [0.29, 0.717) is 44.0 Å². The number of methoxy groups -OCH3 is 2. The normalized spacial score (nSPS) is 16.2. The molecule has 7 nitrogen and oxygen atoms in total. The Morgan fingerprint density at radius 1 is 1.25 bits per heavy atom. The van der Waals surface area contributed by atoms with E-state index in [9.17, 15) is 10.1 Å². The molecular formula is C25H32N4O3. The van der Waals surface area contributed by atoms with Gasteiger partial charge in [0.05, 0.1) is 31.4 Å². The van der Waals surface area contributed by atoms with Crippen molar-refractivity contribution in [3.05, 3.63) is 41.6 Å². The maximum absolute atomic E-state index is 12.5. The summed E-state index contributed by atoms with van der Waals surface area (Å²) >= 11 is 0. The lowest BCUT2D eigenvalue weighted by molar-refractivity contribution is -0.134. The number of anilines is 1. The van der Waals surface area contributed by atoms with Gasteiger partial charge in [-0.05, 0) is 25.0 Å². The van der Waals surface area contributed by atoms with Gasteiger partial charge in [-0.15, -0.1) is 0 Å². The van der Waals surface area contributed by atoms with E-state index in [1.165, 1.54) is 0 Å². The van der Waals surface area contributed by atoms with Crippen molar-refractivity contribution in [1.82, 2.24) is 9.88 Å². The van der Waals surface area contributed by atoms with Gasteiger partial charge in [-0.1, -0.05) is 32.0 Å². The number of piperazine rings is 1. The van der Waals surface area contributed by atoms with Crippen molar-refractivity contribution >= 4 is 11.7 Å². The molecule has 0 bridgehead atoms. The fraction of sp³-hybridized carbons (Fsp3) is 0.480. The van der Waals surface area contributed by atoms with Crippen molar-refractivity contribution in [1.29, 1.82) is 5.26 Å². The number of amides is 1. The second-order valence-electron chi connectivity index (χ2n) is 8.38. The fourth-order valence-electron chi connectivity index (χ4n) is 4.22. The van der Waals surface area contributed by atoms with Crippen molar-refractivity contribution in [3.8, 4) is 22.9 Å². The van der Waals surface area contributed by atoms with Crippen LogP contribution in [0.15, 0.2) is 30.3 Å². The van der Waals surface area contributed by atoms with Gasteiger partial charge in [-0.3, -0.25) is 4.79 Å². The molecule has 2 aromatic rings. The number of benzene rings is 1. The molecule has 0 spiro atoms. The molecule has 7 heteroatoms. The molecule has 0 N–H and O–H groups in total. The number of nitrogens with zero attached hydrogens (tertiary/aromatic N) is 4. The second kappa shape index (κ2) is 10.5. The smallest absolute Gasteiger partial charge is 0.225 e. The molecular weight excluding hydrogens is 404 g/mol. The minimum absolute atomic E-state index is 0.0258. The summed E-state index contributed by atoms with van der Waals surface area (Å²) in [5, 5.41) is 9.95. The monoisotopic (exact) mass is 436 g/mol. The number of pyridine rings is 1. The van der Waals surface area contributed by atoms with Gasteiger partial charge in [0.15, 0.2) is 0 Å². The Morgan fingerprint density at radius 3 is 2.62 bits per heavy atom. The van der Waals surface area contributed by atoms with Crippen molar-refractivity contribution in [2.75, 3.05) is 45.4 Å². The van der Waals surface area contributed by atoms with Crippen LogP contribution < -0.4 is 9.64 Å². The molecule has 0 radical (unpaired) electrons. The Bertz CT molecular complexity index is 999. The minimum atomic E-state index is 0.0258. The molecule has 1 aromatic carbocycles. The van der Waals surface area contributed by atoms with Crippen LogP contribution in [0.25, 0.3) is 11.1 Å². The van der Waals surface area contributed by atoms with Gasteiger partial charge in [-0.2, -0.15) is 5.26 Å². The highest BCUT2D eigenvalue weighted by Crippen LogP contribution is 2.37. The molecule has 0 aliphatic carbocycles. The van der Waals surface area contributed by atoms with E-state index in [2.05, 4.69) is 24.8 Å². The molecule has 32 heavy (non-hydrogen) atoms. The summed E-state index contributed by atoms with van der Waals surface area (Å²) in [6.07, 6.45) is 0.383. The topological polar surface area (TPSA) is 78.7 Å². The van der Waals surface area contributed by atoms with Crippen LogP contribution in [0.1, 0.15) is 44.4 Å². The zero-order valence-corrected chi connectivity index (χ0v) is 19.6. The zero-order valence-electron chi connectivity index (χ0n) is 19.6. The average Bonchev–Trinajstić information content (AvgIpc) is 2.81. The van der Waals surface area contributed by atoms with Gasteiger partial charge >= 0.3 is 0 Å². The summed E-state index contributed by atoms with van der Waals surface area (Å²) < 4.78 is 10.6. The summed E-state index contributed by atoms with van der Waals surface area (Å²) in [7, 11) is 3.25. The molecule has 1 atom stereocenters. The summed E-state index contributed by atoms with van der Waals surface area (Å²) in [4.78, 5) is 21.5. The van der Waals surface area contributed by atoms with E-state index in [-0.39, 0.29) is 17.9 Å². The van der Waals surface area contributed by atoms with Crippen molar-refractivity contribution in [2.24, 2.45) is 0 Å². The molecule has 3 rings (SSSR count). The quantitative estimate of drug-likeness (QED) is 0.656. The second-order valence-corrected chi connectivity index (χ2v) is 8.38. The fourth-order valence-corrected chi connectivity index (χ4v) is 4.22. The van der Waals surface area contributed by atoms with E-state index in [4.69, 9.17) is 14.5 Å². The summed E-state index contributed by atoms with van der Waals surface area (Å²) in [6, 6.07) is 12.1. The number of hydrogen-bond acceptors (Lipinski definition) is 6. The van der Waals surface area contributed by atoms with Gasteiger partial charge in [0.1, 0.15) is 17.6 Å². The van der Waals surface area contributed by atoms with Crippen molar-refractivity contribution < 1.29 is 14.3 Å². The molecule has 1 fully saturated rings. The maximum Gasteiger partial charge on any atom is 0.225 e. The predicted octanol–water partition coefficient (Wildman–Crippen LogP) is 3.83. The van der Waals surface area contributed by atoms with Crippen LogP contribution in [0.5, 0.6) is 5.75 Å². The third-order valence-electron chi connectivity index (χ3n) is 5.86. The SMILES string of the molecule is COCCC(=O)N1CCN(c2nc(C(C)C)c(-c3ccccc3OC)cc2C#N)C[C@H]1C. The van der Waals surface area contributed by atoms with Crippen LogP contribution in [-0.4, -0.2) is 62.3 Å². The summed E-state index contributed by atoms with van der Waals surface area (Å²) in [5.41, 5.74) is 3.30. The summed E-state index contributed by atoms with van der Waals surface area (Å²) in [6.45, 7) is 8.53. The maximum atomic E-state index is 12.5. The third-order valence-corrected chi connectivity index (χ3v) is 5.86. The number of nitriles is 1. The largest absolute Gasteiger partial charge is 0.496 e. The van der Waals surface area contributed by atoms with E-state index >= 15 is 0 Å². The van der Waals surface area contributed by atoms with Gasteiger partial charge in [0.25, 0.3) is 0 Å². The number of hydrogen-bond donors (Lipinski definition) is 0. The molecule has 1 amide bonds. The summed E-state index contributed by atoms with van der Waals surface area (Å²) in [5.74, 6) is 1.70.